The Hall–Kier alpha value is -0.470. The Bertz CT molecular complexity index is 248. The van der Waals surface area contributed by atoms with Crippen molar-refractivity contribution in [3.05, 3.63) is 35.9 Å². The molecule has 0 heterocycles. The van der Waals surface area contributed by atoms with E-state index in [0.717, 1.165) is 13.0 Å². The first-order chi connectivity index (χ1) is 7.38. The highest BCUT2D eigenvalue weighted by atomic mass is 32.2. The van der Waals surface area contributed by atoms with Crippen LogP contribution in [0.15, 0.2) is 30.3 Å². The van der Waals surface area contributed by atoms with Crippen molar-refractivity contribution >= 4 is 11.8 Å². The molecule has 0 saturated carbocycles. The summed E-state index contributed by atoms with van der Waals surface area (Å²) in [6, 6.07) is 10.7. The summed E-state index contributed by atoms with van der Waals surface area (Å²) in [5.41, 5.74) is 7.08. The van der Waals surface area contributed by atoms with Crippen LogP contribution in [0.3, 0.4) is 0 Å². The number of thioether (sulfide) groups is 1. The zero-order valence-electron chi connectivity index (χ0n) is 9.49. The number of hydrogen-bond acceptors (Lipinski definition) is 2. The Morgan fingerprint density at radius 1 is 1.27 bits per heavy atom. The van der Waals surface area contributed by atoms with Gasteiger partial charge in [0.2, 0.25) is 0 Å². The van der Waals surface area contributed by atoms with Crippen molar-refractivity contribution in [3.63, 3.8) is 0 Å². The Kier molecular flexibility index (Phi) is 6.53. The lowest BCUT2D eigenvalue weighted by Gasteiger charge is -2.15. The lowest BCUT2D eigenvalue weighted by molar-refractivity contribution is 0.808. The fraction of sp³-hybridized carbons (Fsp3) is 0.538. The quantitative estimate of drug-likeness (QED) is 0.715. The summed E-state index contributed by atoms with van der Waals surface area (Å²) in [4.78, 5) is 0. The summed E-state index contributed by atoms with van der Waals surface area (Å²) >= 11 is 2.04. The molecule has 0 saturated heterocycles. The monoisotopic (exact) mass is 223 g/mol. The Balaban J connectivity index is 2.50. The van der Waals surface area contributed by atoms with E-state index < -0.39 is 0 Å². The van der Waals surface area contributed by atoms with E-state index in [4.69, 9.17) is 5.73 Å². The van der Waals surface area contributed by atoms with Crippen molar-refractivity contribution in [2.75, 3.05) is 12.3 Å². The Morgan fingerprint density at radius 2 is 2.00 bits per heavy atom. The van der Waals surface area contributed by atoms with Crippen molar-refractivity contribution in [2.24, 2.45) is 5.73 Å². The molecule has 1 rings (SSSR count). The predicted molar refractivity (Wildman–Crippen MR) is 70.2 cm³/mol. The standard InChI is InChI=1S/C13H21NS/c1-2-3-11-15-13(9-10-14)12-7-5-4-6-8-12/h4-8,13H,2-3,9-11,14H2,1H3. The van der Waals surface area contributed by atoms with Gasteiger partial charge in [0.05, 0.1) is 0 Å². The van der Waals surface area contributed by atoms with Crippen molar-refractivity contribution in [2.45, 2.75) is 31.4 Å². The normalized spacial score (nSPS) is 12.7. The first kappa shape index (κ1) is 12.6. The molecule has 0 bridgehead atoms. The maximum absolute atomic E-state index is 5.66. The third-order valence-electron chi connectivity index (χ3n) is 2.42. The molecule has 1 nitrogen and oxygen atoms in total. The van der Waals surface area contributed by atoms with Gasteiger partial charge >= 0.3 is 0 Å². The molecule has 1 atom stereocenters. The minimum absolute atomic E-state index is 0.586. The topological polar surface area (TPSA) is 26.0 Å². The minimum Gasteiger partial charge on any atom is -0.330 e. The molecule has 84 valence electrons. The molecule has 0 amide bonds. The molecular formula is C13H21NS. The molecule has 2 N–H and O–H groups in total. The van der Waals surface area contributed by atoms with Gasteiger partial charge in [-0.15, -0.1) is 0 Å². The van der Waals surface area contributed by atoms with Crippen LogP contribution in [-0.2, 0) is 0 Å². The van der Waals surface area contributed by atoms with Gasteiger partial charge in [-0.25, -0.2) is 0 Å². The van der Waals surface area contributed by atoms with E-state index in [-0.39, 0.29) is 0 Å². The first-order valence-corrected chi connectivity index (χ1v) is 6.80. The van der Waals surface area contributed by atoms with E-state index in [0.29, 0.717) is 5.25 Å². The van der Waals surface area contributed by atoms with Crippen LogP contribution in [0.2, 0.25) is 0 Å². The maximum Gasteiger partial charge on any atom is 0.0309 e. The summed E-state index contributed by atoms with van der Waals surface area (Å²) in [6.45, 7) is 3.01. The minimum atomic E-state index is 0.586. The summed E-state index contributed by atoms with van der Waals surface area (Å²) in [5.74, 6) is 1.25. The Morgan fingerprint density at radius 3 is 2.60 bits per heavy atom. The average molecular weight is 223 g/mol. The van der Waals surface area contributed by atoms with E-state index in [1.165, 1.54) is 24.2 Å². The zero-order chi connectivity index (χ0) is 10.9. The van der Waals surface area contributed by atoms with Gasteiger partial charge in [0.25, 0.3) is 0 Å². The second-order valence-electron chi connectivity index (χ2n) is 3.70. The van der Waals surface area contributed by atoms with Gasteiger partial charge < -0.3 is 5.73 Å². The molecular weight excluding hydrogens is 202 g/mol. The third kappa shape index (κ3) is 4.72. The van der Waals surface area contributed by atoms with E-state index in [1.54, 1.807) is 0 Å². The predicted octanol–water partition coefficient (Wildman–Crippen LogP) is 3.61. The molecule has 0 aliphatic rings. The summed E-state index contributed by atoms with van der Waals surface area (Å²) in [7, 11) is 0. The SMILES string of the molecule is CCCCSC(CCN)c1ccccc1. The van der Waals surface area contributed by atoms with Gasteiger partial charge in [0.15, 0.2) is 0 Å². The second kappa shape index (κ2) is 7.77. The second-order valence-corrected chi connectivity index (χ2v) is 5.01. The van der Waals surface area contributed by atoms with Crippen LogP contribution in [0.25, 0.3) is 0 Å². The number of unbranched alkanes of at least 4 members (excludes halogenated alkanes) is 1. The molecule has 15 heavy (non-hydrogen) atoms. The summed E-state index contributed by atoms with van der Waals surface area (Å²) in [6.07, 6.45) is 3.66. The summed E-state index contributed by atoms with van der Waals surface area (Å²) < 4.78 is 0. The van der Waals surface area contributed by atoms with Gasteiger partial charge in [-0.05, 0) is 30.7 Å². The largest absolute Gasteiger partial charge is 0.330 e. The van der Waals surface area contributed by atoms with Crippen LogP contribution >= 0.6 is 11.8 Å². The van der Waals surface area contributed by atoms with Gasteiger partial charge in [-0.1, -0.05) is 43.7 Å². The molecule has 0 radical (unpaired) electrons. The fourth-order valence-electron chi connectivity index (χ4n) is 1.54. The highest BCUT2D eigenvalue weighted by molar-refractivity contribution is 7.99. The molecule has 1 aromatic carbocycles. The molecule has 0 aliphatic heterocycles. The lowest BCUT2D eigenvalue weighted by atomic mass is 10.1. The molecule has 0 spiro atoms. The van der Waals surface area contributed by atoms with Crippen molar-refractivity contribution in [1.29, 1.82) is 0 Å². The van der Waals surface area contributed by atoms with E-state index >= 15 is 0 Å². The van der Waals surface area contributed by atoms with E-state index in [1.807, 2.05) is 11.8 Å². The van der Waals surface area contributed by atoms with E-state index in [9.17, 15) is 0 Å². The molecule has 0 aromatic heterocycles. The number of rotatable bonds is 7. The number of hydrogen-bond donors (Lipinski definition) is 1. The highest BCUT2D eigenvalue weighted by Crippen LogP contribution is 2.31. The average Bonchev–Trinajstić information content (AvgIpc) is 2.29. The molecule has 2 heteroatoms. The smallest absolute Gasteiger partial charge is 0.0309 e. The third-order valence-corrected chi connectivity index (χ3v) is 3.85. The highest BCUT2D eigenvalue weighted by Gasteiger charge is 2.09. The lowest BCUT2D eigenvalue weighted by Crippen LogP contribution is -2.05. The van der Waals surface area contributed by atoms with Crippen LogP contribution in [0, 0.1) is 0 Å². The van der Waals surface area contributed by atoms with E-state index in [2.05, 4.69) is 37.3 Å². The van der Waals surface area contributed by atoms with Crippen LogP contribution in [0.5, 0.6) is 0 Å². The zero-order valence-corrected chi connectivity index (χ0v) is 10.3. The van der Waals surface area contributed by atoms with Gasteiger partial charge in [0, 0.05) is 5.25 Å². The van der Waals surface area contributed by atoms with Crippen LogP contribution in [0.4, 0.5) is 0 Å². The van der Waals surface area contributed by atoms with Crippen LogP contribution in [0.1, 0.15) is 37.0 Å². The van der Waals surface area contributed by atoms with Gasteiger partial charge in [-0.2, -0.15) is 11.8 Å². The number of benzene rings is 1. The van der Waals surface area contributed by atoms with Crippen molar-refractivity contribution in [1.82, 2.24) is 0 Å². The van der Waals surface area contributed by atoms with Crippen molar-refractivity contribution < 1.29 is 0 Å². The number of nitrogens with two attached hydrogens (primary N) is 1. The maximum atomic E-state index is 5.66. The van der Waals surface area contributed by atoms with Crippen molar-refractivity contribution in [3.8, 4) is 0 Å². The Labute approximate surface area is 97.4 Å². The summed E-state index contributed by atoms with van der Waals surface area (Å²) in [5, 5.41) is 0.586. The molecule has 0 aliphatic carbocycles. The molecule has 1 aromatic rings. The first-order valence-electron chi connectivity index (χ1n) is 5.75. The van der Waals surface area contributed by atoms with Gasteiger partial charge in [-0.3, -0.25) is 0 Å². The van der Waals surface area contributed by atoms with Crippen LogP contribution < -0.4 is 5.73 Å². The fourth-order valence-corrected chi connectivity index (χ4v) is 2.93. The van der Waals surface area contributed by atoms with Gasteiger partial charge in [0.1, 0.15) is 0 Å². The molecule has 1 unspecified atom stereocenters. The molecule has 0 fully saturated rings. The van der Waals surface area contributed by atoms with Crippen LogP contribution in [-0.4, -0.2) is 12.3 Å².